The van der Waals surface area contributed by atoms with E-state index in [1.165, 1.54) is 7.11 Å². The Morgan fingerprint density at radius 2 is 1.76 bits per heavy atom. The number of rotatable bonds is 3. The van der Waals surface area contributed by atoms with Crippen molar-refractivity contribution in [2.45, 2.75) is 13.8 Å². The second kappa shape index (κ2) is 6.18. The first kappa shape index (κ1) is 15.4. The lowest BCUT2D eigenvalue weighted by Crippen LogP contribution is -2.02. The van der Waals surface area contributed by atoms with Gasteiger partial charge in [0.15, 0.2) is 0 Å². The standard InChI is InChI=1S/C16H16BrNO3/c1-9-6-12(7-10(2)15(9)17)21-14-5-4-11(8-13(14)18)16(19)20-3/h4-8H,18H2,1-3H3. The van der Waals surface area contributed by atoms with E-state index in [4.69, 9.17) is 10.5 Å². The summed E-state index contributed by atoms with van der Waals surface area (Å²) in [6, 6.07) is 8.67. The number of methoxy groups -OCH3 is 1. The lowest BCUT2D eigenvalue weighted by atomic mass is 10.1. The van der Waals surface area contributed by atoms with Crippen LogP contribution in [0.15, 0.2) is 34.8 Å². The third kappa shape index (κ3) is 3.36. The highest BCUT2D eigenvalue weighted by atomic mass is 79.9. The van der Waals surface area contributed by atoms with Crippen molar-refractivity contribution < 1.29 is 14.3 Å². The molecule has 0 spiro atoms. The number of nitrogens with two attached hydrogens (primary N) is 1. The van der Waals surface area contributed by atoms with Gasteiger partial charge in [-0.15, -0.1) is 0 Å². The van der Waals surface area contributed by atoms with Crippen molar-refractivity contribution in [2.75, 3.05) is 12.8 Å². The van der Waals surface area contributed by atoms with Crippen LogP contribution in [0, 0.1) is 13.8 Å². The summed E-state index contributed by atoms with van der Waals surface area (Å²) in [7, 11) is 1.33. The summed E-state index contributed by atoms with van der Waals surface area (Å²) < 4.78 is 11.5. The number of nitrogen functional groups attached to an aromatic ring is 1. The van der Waals surface area contributed by atoms with E-state index in [9.17, 15) is 4.79 Å². The maximum Gasteiger partial charge on any atom is 0.337 e. The molecule has 0 radical (unpaired) electrons. The van der Waals surface area contributed by atoms with Gasteiger partial charge in [-0.05, 0) is 55.3 Å². The Morgan fingerprint density at radius 3 is 2.29 bits per heavy atom. The van der Waals surface area contributed by atoms with Gasteiger partial charge in [0.25, 0.3) is 0 Å². The Morgan fingerprint density at radius 1 is 1.14 bits per heavy atom. The van der Waals surface area contributed by atoms with Crippen LogP contribution in [0.5, 0.6) is 11.5 Å². The quantitative estimate of drug-likeness (QED) is 0.665. The molecule has 0 aliphatic rings. The summed E-state index contributed by atoms with van der Waals surface area (Å²) in [6.07, 6.45) is 0. The summed E-state index contributed by atoms with van der Waals surface area (Å²) in [5.41, 5.74) is 8.86. The molecule has 2 aromatic carbocycles. The van der Waals surface area contributed by atoms with Gasteiger partial charge in [0, 0.05) is 4.47 Å². The predicted molar refractivity (Wildman–Crippen MR) is 85.9 cm³/mol. The Hall–Kier alpha value is -2.01. The molecular weight excluding hydrogens is 334 g/mol. The number of hydrogen-bond acceptors (Lipinski definition) is 4. The lowest BCUT2D eigenvalue weighted by Gasteiger charge is -2.12. The molecule has 5 heteroatoms. The highest BCUT2D eigenvalue weighted by molar-refractivity contribution is 9.10. The molecule has 4 nitrogen and oxygen atoms in total. The average molecular weight is 350 g/mol. The molecule has 0 heterocycles. The van der Waals surface area contributed by atoms with Crippen molar-refractivity contribution in [3.05, 3.63) is 51.5 Å². The fourth-order valence-corrected chi connectivity index (χ4v) is 2.21. The minimum Gasteiger partial charge on any atom is -0.465 e. The molecule has 110 valence electrons. The van der Waals surface area contributed by atoms with Crippen LogP contribution >= 0.6 is 15.9 Å². The van der Waals surface area contributed by atoms with Crippen LogP contribution in [0.2, 0.25) is 0 Å². The second-order valence-corrected chi connectivity index (χ2v) is 5.51. The van der Waals surface area contributed by atoms with Gasteiger partial charge in [0.1, 0.15) is 11.5 Å². The van der Waals surface area contributed by atoms with Gasteiger partial charge >= 0.3 is 5.97 Å². The fraction of sp³-hybridized carbons (Fsp3) is 0.188. The molecule has 2 N–H and O–H groups in total. The molecule has 0 atom stereocenters. The molecular formula is C16H16BrNO3. The Labute approximate surface area is 132 Å². The molecule has 0 aliphatic heterocycles. The van der Waals surface area contributed by atoms with Gasteiger partial charge in [-0.2, -0.15) is 0 Å². The van der Waals surface area contributed by atoms with Crippen molar-refractivity contribution in [1.29, 1.82) is 0 Å². The van der Waals surface area contributed by atoms with Crippen LogP contribution < -0.4 is 10.5 Å². The smallest absolute Gasteiger partial charge is 0.337 e. The summed E-state index contributed by atoms with van der Waals surface area (Å²) >= 11 is 3.51. The Kier molecular flexibility index (Phi) is 4.53. The van der Waals surface area contributed by atoms with Crippen molar-refractivity contribution in [3.8, 4) is 11.5 Å². The zero-order chi connectivity index (χ0) is 15.6. The number of ether oxygens (including phenoxy) is 2. The molecule has 0 saturated heterocycles. The summed E-state index contributed by atoms with van der Waals surface area (Å²) in [5, 5.41) is 0. The highest BCUT2D eigenvalue weighted by Gasteiger charge is 2.10. The van der Waals surface area contributed by atoms with E-state index in [-0.39, 0.29) is 0 Å². The highest BCUT2D eigenvalue weighted by Crippen LogP contribution is 2.32. The molecule has 2 aromatic rings. The lowest BCUT2D eigenvalue weighted by molar-refractivity contribution is 0.0601. The molecule has 0 fully saturated rings. The first-order chi connectivity index (χ1) is 9.92. The van der Waals surface area contributed by atoms with Gasteiger partial charge in [0.05, 0.1) is 18.4 Å². The number of carbonyl (C=O) groups excluding carboxylic acids is 1. The van der Waals surface area contributed by atoms with Gasteiger partial charge in [-0.25, -0.2) is 4.79 Å². The summed E-state index contributed by atoms with van der Waals surface area (Å²) in [4.78, 5) is 11.4. The summed E-state index contributed by atoms with van der Waals surface area (Å²) in [6.45, 7) is 3.99. The molecule has 0 unspecified atom stereocenters. The van der Waals surface area contributed by atoms with Gasteiger partial charge in [0.2, 0.25) is 0 Å². The first-order valence-electron chi connectivity index (χ1n) is 6.35. The van der Waals surface area contributed by atoms with Crippen molar-refractivity contribution in [1.82, 2.24) is 0 Å². The Balaban J connectivity index is 2.30. The maximum atomic E-state index is 11.4. The summed E-state index contributed by atoms with van der Waals surface area (Å²) in [5.74, 6) is 0.776. The van der Waals surface area contributed by atoms with Gasteiger partial charge < -0.3 is 15.2 Å². The number of aryl methyl sites for hydroxylation is 2. The molecule has 2 rings (SSSR count). The van der Waals surface area contributed by atoms with Crippen LogP contribution in [0.3, 0.4) is 0 Å². The number of carbonyl (C=O) groups is 1. The van der Waals surface area contributed by atoms with Crippen molar-refractivity contribution in [2.24, 2.45) is 0 Å². The van der Waals surface area contributed by atoms with Crippen molar-refractivity contribution >= 4 is 27.6 Å². The van der Waals surface area contributed by atoms with Crippen LogP contribution in [0.25, 0.3) is 0 Å². The Bertz CT molecular complexity index is 675. The average Bonchev–Trinajstić information content (AvgIpc) is 2.46. The third-order valence-corrected chi connectivity index (χ3v) is 4.32. The zero-order valence-corrected chi connectivity index (χ0v) is 13.7. The number of anilines is 1. The van der Waals surface area contributed by atoms with E-state index in [0.29, 0.717) is 22.7 Å². The van der Waals surface area contributed by atoms with E-state index < -0.39 is 5.97 Å². The largest absolute Gasteiger partial charge is 0.465 e. The first-order valence-corrected chi connectivity index (χ1v) is 7.14. The molecule has 0 aromatic heterocycles. The van der Waals surface area contributed by atoms with Crippen LogP contribution in [0.1, 0.15) is 21.5 Å². The topological polar surface area (TPSA) is 61.5 Å². The number of hydrogen-bond donors (Lipinski definition) is 1. The van der Waals surface area contributed by atoms with Gasteiger partial charge in [-0.1, -0.05) is 15.9 Å². The van der Waals surface area contributed by atoms with Crippen LogP contribution in [-0.4, -0.2) is 13.1 Å². The minimum atomic E-state index is -0.427. The van der Waals surface area contributed by atoms with E-state index in [1.54, 1.807) is 18.2 Å². The predicted octanol–water partition coefficient (Wildman–Crippen LogP) is 4.23. The number of halogens is 1. The van der Waals surface area contributed by atoms with E-state index in [1.807, 2.05) is 26.0 Å². The van der Waals surface area contributed by atoms with Crippen LogP contribution in [-0.2, 0) is 4.74 Å². The maximum absolute atomic E-state index is 11.4. The number of benzene rings is 2. The molecule has 0 saturated carbocycles. The van der Waals surface area contributed by atoms with E-state index in [2.05, 4.69) is 20.7 Å². The van der Waals surface area contributed by atoms with E-state index in [0.717, 1.165) is 15.6 Å². The van der Waals surface area contributed by atoms with Crippen molar-refractivity contribution in [3.63, 3.8) is 0 Å². The van der Waals surface area contributed by atoms with Crippen LogP contribution in [0.4, 0.5) is 5.69 Å². The second-order valence-electron chi connectivity index (χ2n) is 4.72. The molecule has 0 amide bonds. The van der Waals surface area contributed by atoms with E-state index >= 15 is 0 Å². The number of esters is 1. The normalized spacial score (nSPS) is 10.3. The fourth-order valence-electron chi connectivity index (χ4n) is 1.98. The zero-order valence-electron chi connectivity index (χ0n) is 12.1. The SMILES string of the molecule is COC(=O)c1ccc(Oc2cc(C)c(Br)c(C)c2)c(N)c1. The monoisotopic (exact) mass is 349 g/mol. The third-order valence-electron chi connectivity index (χ3n) is 3.07. The molecule has 0 bridgehead atoms. The minimum absolute atomic E-state index is 0.385. The molecule has 0 aliphatic carbocycles. The molecule has 21 heavy (non-hydrogen) atoms. The van der Waals surface area contributed by atoms with Gasteiger partial charge in [-0.3, -0.25) is 0 Å².